The summed E-state index contributed by atoms with van der Waals surface area (Å²) in [6.45, 7) is 4.81. The summed E-state index contributed by atoms with van der Waals surface area (Å²) in [5, 5.41) is 12.1. The zero-order valence-electron chi connectivity index (χ0n) is 25.0. The summed E-state index contributed by atoms with van der Waals surface area (Å²) in [5.74, 6) is -0.940. The van der Waals surface area contributed by atoms with Gasteiger partial charge in [-0.1, -0.05) is 60.7 Å². The van der Waals surface area contributed by atoms with E-state index in [0.717, 1.165) is 34.3 Å². The summed E-state index contributed by atoms with van der Waals surface area (Å²) in [5.41, 5.74) is 4.31. The second-order valence-corrected chi connectivity index (χ2v) is 12.8. The van der Waals surface area contributed by atoms with Crippen molar-refractivity contribution in [3.8, 4) is 22.5 Å². The molecule has 0 unspecified atom stereocenters. The van der Waals surface area contributed by atoms with Crippen molar-refractivity contribution < 1.29 is 37.0 Å². The number of nitrogens with one attached hydrogen (secondary N) is 1. The fourth-order valence-electron chi connectivity index (χ4n) is 4.72. The van der Waals surface area contributed by atoms with Crippen LogP contribution in [0.25, 0.3) is 22.5 Å². The molecule has 0 saturated carbocycles. The van der Waals surface area contributed by atoms with E-state index in [0.29, 0.717) is 17.9 Å². The molecule has 1 heterocycles. The van der Waals surface area contributed by atoms with E-state index in [1.165, 1.54) is 0 Å². The number of carboxylic acid groups (broad SMARTS) is 1. The third-order valence-electron chi connectivity index (χ3n) is 7.07. The van der Waals surface area contributed by atoms with Gasteiger partial charge in [-0.05, 0) is 66.8 Å². The molecule has 4 aromatic rings. The van der Waals surface area contributed by atoms with Crippen LogP contribution in [0.5, 0.6) is 0 Å². The Labute approximate surface area is 257 Å². The Morgan fingerprint density at radius 2 is 1.68 bits per heavy atom. The first-order valence-electron chi connectivity index (χ1n) is 14.3. The molecule has 0 aliphatic heterocycles. The van der Waals surface area contributed by atoms with Crippen LogP contribution < -0.4 is 5.32 Å². The minimum absolute atomic E-state index is 0.187. The van der Waals surface area contributed by atoms with Gasteiger partial charge in [0.05, 0.1) is 19.0 Å². The highest BCUT2D eigenvalue weighted by molar-refractivity contribution is 7.90. The molecule has 0 fully saturated rings. The number of carbonyl (C=O) groups excluding carboxylic acids is 1. The van der Waals surface area contributed by atoms with Gasteiger partial charge in [0, 0.05) is 24.0 Å². The van der Waals surface area contributed by atoms with Crippen LogP contribution in [0.1, 0.15) is 46.7 Å². The molecular formula is C34H37NO8S. The summed E-state index contributed by atoms with van der Waals surface area (Å²) in [7, 11) is -3.41. The Morgan fingerprint density at radius 3 is 2.36 bits per heavy atom. The first-order chi connectivity index (χ1) is 21.1. The monoisotopic (exact) mass is 619 g/mol. The Hall–Kier alpha value is -4.25. The van der Waals surface area contributed by atoms with E-state index in [2.05, 4.69) is 5.32 Å². The minimum Gasteiger partial charge on any atom is -0.480 e. The van der Waals surface area contributed by atoms with Crippen molar-refractivity contribution in [1.82, 2.24) is 5.32 Å². The largest absolute Gasteiger partial charge is 0.480 e. The maximum atomic E-state index is 13.4. The zero-order chi connectivity index (χ0) is 31.7. The molecule has 4 rings (SSSR count). The fourth-order valence-corrected chi connectivity index (χ4v) is 5.38. The predicted molar refractivity (Wildman–Crippen MR) is 168 cm³/mol. The average Bonchev–Trinajstić information content (AvgIpc) is 3.49. The second kappa shape index (κ2) is 15.0. The summed E-state index contributed by atoms with van der Waals surface area (Å²) < 4.78 is 41.4. The first-order valence-corrected chi connectivity index (χ1v) is 16.4. The summed E-state index contributed by atoms with van der Waals surface area (Å²) >= 11 is 0. The molecule has 1 amide bonds. The number of hydrogen-bond donors (Lipinski definition) is 2. The van der Waals surface area contributed by atoms with Gasteiger partial charge < -0.3 is 24.3 Å². The van der Waals surface area contributed by atoms with Crippen molar-refractivity contribution in [2.75, 3.05) is 25.2 Å². The van der Waals surface area contributed by atoms with E-state index in [9.17, 15) is 23.1 Å². The molecule has 3 aromatic carbocycles. The van der Waals surface area contributed by atoms with Crippen LogP contribution in [-0.4, -0.2) is 56.7 Å². The highest BCUT2D eigenvalue weighted by atomic mass is 32.2. The highest BCUT2D eigenvalue weighted by Gasteiger charge is 2.25. The van der Waals surface area contributed by atoms with Gasteiger partial charge in [-0.15, -0.1) is 0 Å². The van der Waals surface area contributed by atoms with Gasteiger partial charge >= 0.3 is 5.97 Å². The van der Waals surface area contributed by atoms with Crippen LogP contribution >= 0.6 is 0 Å². The third kappa shape index (κ3) is 8.89. The van der Waals surface area contributed by atoms with Crippen LogP contribution in [0.2, 0.25) is 0 Å². The molecule has 0 aliphatic rings. The van der Waals surface area contributed by atoms with Crippen molar-refractivity contribution >= 4 is 21.7 Å². The lowest BCUT2D eigenvalue weighted by Gasteiger charge is -2.19. The molecule has 2 atom stereocenters. The third-order valence-corrected chi connectivity index (χ3v) is 8.05. The van der Waals surface area contributed by atoms with Crippen LogP contribution in [0.15, 0.2) is 89.3 Å². The van der Waals surface area contributed by atoms with Crippen molar-refractivity contribution in [2.24, 2.45) is 0 Å². The Balaban J connectivity index is 1.59. The molecular weight excluding hydrogens is 582 g/mol. The molecule has 44 heavy (non-hydrogen) atoms. The number of hydrogen-bond acceptors (Lipinski definition) is 7. The minimum atomic E-state index is -3.41. The molecule has 232 valence electrons. The van der Waals surface area contributed by atoms with Crippen LogP contribution in [0.4, 0.5) is 0 Å². The molecule has 2 N–H and O–H groups in total. The van der Waals surface area contributed by atoms with Crippen LogP contribution in [0, 0.1) is 6.92 Å². The van der Waals surface area contributed by atoms with Crippen molar-refractivity contribution in [3.05, 3.63) is 107 Å². The Bertz CT molecular complexity index is 1680. The summed E-state index contributed by atoms with van der Waals surface area (Å²) in [6.07, 6.45) is 0.298. The Kier molecular flexibility index (Phi) is 11.1. The van der Waals surface area contributed by atoms with Crippen LogP contribution in [-0.2, 0) is 30.7 Å². The van der Waals surface area contributed by atoms with Gasteiger partial charge in [-0.2, -0.15) is 0 Å². The van der Waals surface area contributed by atoms with Gasteiger partial charge in [0.15, 0.2) is 0 Å². The normalized spacial score (nSPS) is 12.9. The average molecular weight is 620 g/mol. The molecule has 1 aromatic heterocycles. The summed E-state index contributed by atoms with van der Waals surface area (Å²) in [6, 6.07) is 25.0. The van der Waals surface area contributed by atoms with Crippen LogP contribution in [0.3, 0.4) is 0 Å². The SMILES string of the molecule is CCOC[C@@H](OCc1ccc(C(=O)N[C@@H](CCS(C)(=O)=O)C(=O)O)c(-c2ccccc2C)c1)c1ccc(-c2ccccc2)o1. The smallest absolute Gasteiger partial charge is 0.326 e. The lowest BCUT2D eigenvalue weighted by atomic mass is 9.93. The van der Waals surface area contributed by atoms with Gasteiger partial charge in [-0.3, -0.25) is 4.79 Å². The first kappa shape index (κ1) is 32.7. The lowest BCUT2D eigenvalue weighted by molar-refractivity contribution is -0.139. The standard InChI is InChI=1S/C34H37NO8S/c1-4-41-22-32(31-17-16-30(43-31)25-11-6-5-7-12-25)42-21-24-14-15-27(28(20-24)26-13-9-8-10-23(26)2)33(36)35-29(34(37)38)18-19-44(3,39)40/h5-17,20,29,32H,4,18-19,21-22H2,1-3H3,(H,35,36)(H,37,38)/t29-,32+/m0/s1. The number of aliphatic carboxylic acids is 1. The predicted octanol–water partition coefficient (Wildman–Crippen LogP) is 5.83. The number of carboxylic acids is 1. The van der Waals surface area contributed by atoms with E-state index in [1.807, 2.05) is 86.6 Å². The van der Waals surface area contributed by atoms with Gasteiger partial charge in [-0.25, -0.2) is 13.2 Å². The highest BCUT2D eigenvalue weighted by Crippen LogP contribution is 2.31. The molecule has 9 nitrogen and oxygen atoms in total. The summed E-state index contributed by atoms with van der Waals surface area (Å²) in [4.78, 5) is 25.2. The van der Waals surface area contributed by atoms with Gasteiger partial charge in [0.1, 0.15) is 33.5 Å². The maximum absolute atomic E-state index is 13.4. The maximum Gasteiger partial charge on any atom is 0.326 e. The molecule has 0 radical (unpaired) electrons. The van der Waals surface area contributed by atoms with E-state index >= 15 is 0 Å². The topological polar surface area (TPSA) is 132 Å². The number of ether oxygens (including phenoxy) is 2. The number of aryl methyl sites for hydroxylation is 1. The van der Waals surface area contributed by atoms with Gasteiger partial charge in [0.25, 0.3) is 5.91 Å². The number of benzene rings is 3. The Morgan fingerprint density at radius 1 is 0.955 bits per heavy atom. The zero-order valence-corrected chi connectivity index (χ0v) is 25.8. The van der Waals surface area contributed by atoms with Crippen molar-refractivity contribution in [1.29, 1.82) is 0 Å². The van der Waals surface area contributed by atoms with Gasteiger partial charge in [0.2, 0.25) is 0 Å². The number of carbonyl (C=O) groups is 2. The lowest BCUT2D eigenvalue weighted by Crippen LogP contribution is -2.42. The van der Waals surface area contributed by atoms with Crippen molar-refractivity contribution in [3.63, 3.8) is 0 Å². The number of amides is 1. The van der Waals surface area contributed by atoms with E-state index in [-0.39, 0.29) is 31.0 Å². The quantitative estimate of drug-likeness (QED) is 0.170. The molecule has 0 saturated heterocycles. The molecule has 0 aliphatic carbocycles. The number of furan rings is 1. The second-order valence-electron chi connectivity index (χ2n) is 10.5. The van der Waals surface area contributed by atoms with E-state index in [4.69, 9.17) is 13.9 Å². The molecule has 10 heteroatoms. The number of rotatable bonds is 15. The molecule has 0 bridgehead atoms. The molecule has 0 spiro atoms. The van der Waals surface area contributed by atoms with Crippen molar-refractivity contribution in [2.45, 2.75) is 39.0 Å². The number of sulfone groups is 1. The fraction of sp³-hybridized carbons (Fsp3) is 0.294. The van der Waals surface area contributed by atoms with E-state index in [1.54, 1.807) is 12.1 Å². The van der Waals surface area contributed by atoms with E-state index < -0.39 is 33.9 Å².